The number of rotatable bonds is 11. The summed E-state index contributed by atoms with van der Waals surface area (Å²) in [6, 6.07) is 32.5. The van der Waals surface area contributed by atoms with Crippen LogP contribution in [0, 0.1) is 6.92 Å². The molecule has 0 radical (unpaired) electrons. The molecule has 4 aromatic carbocycles. The van der Waals surface area contributed by atoms with Crippen molar-refractivity contribution in [1.29, 1.82) is 0 Å². The van der Waals surface area contributed by atoms with E-state index in [0.717, 1.165) is 21.6 Å². The molecule has 2 heterocycles. The molecule has 1 aromatic heterocycles. The number of carbonyl (C=O) groups is 5. The van der Waals surface area contributed by atoms with E-state index >= 15 is 0 Å². The number of hydrogen-bond acceptors (Lipinski definition) is 9. The lowest BCUT2D eigenvalue weighted by Crippen LogP contribution is -2.39. The maximum absolute atomic E-state index is 14.3. The van der Waals surface area contributed by atoms with Crippen LogP contribution in [-0.4, -0.2) is 53.9 Å². The van der Waals surface area contributed by atoms with Gasteiger partial charge in [-0.3, -0.25) is 14.4 Å². The summed E-state index contributed by atoms with van der Waals surface area (Å²) in [4.78, 5) is 70.4. The van der Waals surface area contributed by atoms with Crippen molar-refractivity contribution in [3.05, 3.63) is 153 Å². The fraction of sp³-hybridized carbons (Fsp3) is 0.222. The third-order valence-electron chi connectivity index (χ3n) is 8.94. The number of thiophene rings is 1. The molecule has 0 fully saturated rings. The van der Waals surface area contributed by atoms with Crippen LogP contribution >= 0.6 is 23.1 Å². The molecule has 0 aliphatic carbocycles. The fourth-order valence-electron chi connectivity index (χ4n) is 6.12. The molecule has 0 saturated carbocycles. The van der Waals surface area contributed by atoms with Gasteiger partial charge >= 0.3 is 12.1 Å². The molecule has 1 atom stereocenters. The van der Waals surface area contributed by atoms with Crippen molar-refractivity contribution in [3.8, 4) is 0 Å². The summed E-state index contributed by atoms with van der Waals surface area (Å²) in [5, 5.41) is 8.24. The highest BCUT2D eigenvalue weighted by Crippen LogP contribution is 2.41. The normalized spacial score (nSPS) is 13.1. The van der Waals surface area contributed by atoms with E-state index in [9.17, 15) is 24.0 Å². The third-order valence-corrected chi connectivity index (χ3v) is 11.3. The highest BCUT2D eigenvalue weighted by atomic mass is 32.2. The molecule has 0 spiro atoms. The second-order valence-electron chi connectivity index (χ2n) is 14.5. The van der Waals surface area contributed by atoms with Gasteiger partial charge in [0.15, 0.2) is 0 Å². The first-order valence-electron chi connectivity index (χ1n) is 18.6. The SMILES string of the molecule is COC(=O)c1c(NC(=O)C(Sc2cccc(NC(=O)/C(=C\c3ccc(C)cc3)NC(=O)c3ccccc3)c2)c2ccccc2)sc2c1CCN(C(=O)OC(C)(C)C)C2. The number of benzene rings is 4. The number of ether oxygens (including phenoxy) is 2. The van der Waals surface area contributed by atoms with Crippen LogP contribution in [0.3, 0.4) is 0 Å². The molecule has 13 heteroatoms. The molecule has 4 amide bonds. The van der Waals surface area contributed by atoms with Crippen LogP contribution in [0.25, 0.3) is 6.08 Å². The summed E-state index contributed by atoms with van der Waals surface area (Å²) in [6.45, 7) is 7.94. The Morgan fingerprint density at radius 1 is 0.862 bits per heavy atom. The Balaban J connectivity index is 1.24. The van der Waals surface area contributed by atoms with Gasteiger partial charge in [-0.25, -0.2) is 9.59 Å². The summed E-state index contributed by atoms with van der Waals surface area (Å²) in [6.07, 6.45) is 1.55. The summed E-state index contributed by atoms with van der Waals surface area (Å²) in [7, 11) is 1.29. The summed E-state index contributed by atoms with van der Waals surface area (Å²) in [5.41, 5.74) is 3.73. The molecule has 5 aromatic rings. The Labute approximate surface area is 345 Å². The second-order valence-corrected chi connectivity index (χ2v) is 16.8. The number of thioether (sulfide) groups is 1. The van der Waals surface area contributed by atoms with Crippen LogP contribution in [0.15, 0.2) is 120 Å². The highest BCUT2D eigenvalue weighted by Gasteiger charge is 2.34. The largest absolute Gasteiger partial charge is 0.465 e. The Kier molecular flexibility index (Phi) is 13.1. The van der Waals surface area contributed by atoms with E-state index in [1.807, 2.05) is 67.6 Å². The van der Waals surface area contributed by atoms with E-state index in [0.29, 0.717) is 39.7 Å². The Hall–Kier alpha value is -6.18. The summed E-state index contributed by atoms with van der Waals surface area (Å²) >= 11 is 2.50. The zero-order valence-corrected chi connectivity index (χ0v) is 34.4. The molecule has 3 N–H and O–H groups in total. The van der Waals surface area contributed by atoms with Crippen molar-refractivity contribution < 1.29 is 33.4 Å². The molecule has 1 aliphatic heterocycles. The minimum absolute atomic E-state index is 0.0478. The number of nitrogens with zero attached hydrogens (tertiary/aromatic N) is 1. The molecule has 58 heavy (non-hydrogen) atoms. The number of hydrogen-bond donors (Lipinski definition) is 3. The van der Waals surface area contributed by atoms with E-state index in [1.165, 1.54) is 30.2 Å². The van der Waals surface area contributed by atoms with Gasteiger partial charge in [0.25, 0.3) is 11.8 Å². The summed E-state index contributed by atoms with van der Waals surface area (Å²) in [5.74, 6) is -1.93. The number of carbonyl (C=O) groups excluding carboxylic acids is 5. The predicted octanol–water partition coefficient (Wildman–Crippen LogP) is 9.02. The zero-order chi connectivity index (χ0) is 41.4. The quantitative estimate of drug-likeness (QED) is 0.0681. The molecule has 1 aliphatic rings. The molecule has 0 bridgehead atoms. The first-order valence-corrected chi connectivity index (χ1v) is 20.3. The van der Waals surface area contributed by atoms with Gasteiger partial charge in [0.05, 0.1) is 19.2 Å². The van der Waals surface area contributed by atoms with Crippen molar-refractivity contribution in [3.63, 3.8) is 0 Å². The average Bonchev–Trinajstić information content (AvgIpc) is 3.57. The smallest absolute Gasteiger partial charge is 0.410 e. The number of fused-ring (bicyclic) bond motifs is 1. The van der Waals surface area contributed by atoms with Crippen molar-refractivity contribution in [1.82, 2.24) is 10.2 Å². The van der Waals surface area contributed by atoms with E-state index in [-0.39, 0.29) is 23.7 Å². The molecule has 298 valence electrons. The van der Waals surface area contributed by atoms with E-state index in [1.54, 1.807) is 80.3 Å². The molecule has 1 unspecified atom stereocenters. The second kappa shape index (κ2) is 18.4. The molecular formula is C45H44N4O7S2. The minimum Gasteiger partial charge on any atom is -0.465 e. The Morgan fingerprint density at radius 2 is 1.55 bits per heavy atom. The van der Waals surface area contributed by atoms with E-state index < -0.39 is 34.7 Å². The first-order chi connectivity index (χ1) is 27.8. The van der Waals surface area contributed by atoms with Crippen molar-refractivity contribution in [2.75, 3.05) is 24.3 Å². The van der Waals surface area contributed by atoms with Gasteiger partial charge in [-0.05, 0) is 87.2 Å². The van der Waals surface area contributed by atoms with Crippen LogP contribution in [-0.2, 0) is 32.0 Å². The van der Waals surface area contributed by atoms with Gasteiger partial charge in [0, 0.05) is 27.6 Å². The molecule has 11 nitrogen and oxygen atoms in total. The third kappa shape index (κ3) is 10.6. The monoisotopic (exact) mass is 816 g/mol. The van der Waals surface area contributed by atoms with Gasteiger partial charge in [-0.1, -0.05) is 84.4 Å². The molecule has 0 saturated heterocycles. The zero-order valence-electron chi connectivity index (χ0n) is 32.8. The van der Waals surface area contributed by atoms with Gasteiger partial charge in [-0.15, -0.1) is 23.1 Å². The van der Waals surface area contributed by atoms with E-state index in [4.69, 9.17) is 9.47 Å². The fourth-order valence-corrected chi connectivity index (χ4v) is 8.46. The van der Waals surface area contributed by atoms with Gasteiger partial charge < -0.3 is 30.3 Å². The van der Waals surface area contributed by atoms with Crippen LogP contribution in [0.2, 0.25) is 0 Å². The average molecular weight is 817 g/mol. The maximum atomic E-state index is 14.3. The van der Waals surface area contributed by atoms with Crippen molar-refractivity contribution in [2.24, 2.45) is 0 Å². The number of amides is 4. The molecule has 6 rings (SSSR count). The highest BCUT2D eigenvalue weighted by molar-refractivity contribution is 8.00. The topological polar surface area (TPSA) is 143 Å². The number of methoxy groups -OCH3 is 1. The van der Waals surface area contributed by atoms with Crippen LogP contribution < -0.4 is 16.0 Å². The van der Waals surface area contributed by atoms with Gasteiger partial charge in [-0.2, -0.15) is 0 Å². The lowest BCUT2D eigenvalue weighted by Gasteiger charge is -2.30. The lowest BCUT2D eigenvalue weighted by molar-refractivity contribution is -0.116. The Morgan fingerprint density at radius 3 is 2.22 bits per heavy atom. The number of esters is 1. The molecular weight excluding hydrogens is 773 g/mol. The van der Waals surface area contributed by atoms with Crippen molar-refractivity contribution >= 4 is 69.6 Å². The Bertz CT molecular complexity index is 2340. The predicted molar refractivity (Wildman–Crippen MR) is 228 cm³/mol. The van der Waals surface area contributed by atoms with E-state index in [2.05, 4.69) is 16.0 Å². The number of nitrogens with one attached hydrogen (secondary N) is 3. The van der Waals surface area contributed by atoms with Crippen LogP contribution in [0.1, 0.15) is 73.9 Å². The number of anilines is 2. The number of aryl methyl sites for hydroxylation is 1. The minimum atomic E-state index is -0.780. The van der Waals surface area contributed by atoms with Crippen molar-refractivity contribution in [2.45, 2.75) is 56.4 Å². The van der Waals surface area contributed by atoms with Crippen LogP contribution in [0.5, 0.6) is 0 Å². The van der Waals surface area contributed by atoms with Gasteiger partial charge in [0.1, 0.15) is 21.5 Å². The lowest BCUT2D eigenvalue weighted by atomic mass is 10.0. The standard InChI is InChI=1S/C45H44N4O7S2/c1-28-19-21-29(22-20-28)25-35(47-39(50)31-15-10-7-11-16-31)40(51)46-32-17-12-18-33(26-32)57-38(30-13-8-6-9-14-30)41(52)48-42-37(43(53)55-5)34-23-24-49(27-36(34)58-42)44(54)56-45(2,3)4/h6-22,25-26,38H,23-24,27H2,1-5H3,(H,46,51)(H,47,50)(H,48,52)/b35-25+. The first kappa shape index (κ1) is 41.5. The van der Waals surface area contributed by atoms with Crippen LogP contribution in [0.4, 0.5) is 15.5 Å². The maximum Gasteiger partial charge on any atom is 0.410 e. The van der Waals surface area contributed by atoms with Gasteiger partial charge in [0.2, 0.25) is 5.91 Å². The summed E-state index contributed by atoms with van der Waals surface area (Å²) < 4.78 is 10.7.